The van der Waals surface area contributed by atoms with Crippen molar-refractivity contribution in [2.24, 2.45) is 5.92 Å². The topological polar surface area (TPSA) is 39.7 Å². The van der Waals surface area contributed by atoms with Gasteiger partial charge in [0, 0.05) is 19.2 Å². The smallest absolute Gasteiger partial charge is 0.124 e. The lowest BCUT2D eigenvalue weighted by Gasteiger charge is -2.31. The molecule has 2 atom stereocenters. The van der Waals surface area contributed by atoms with Crippen molar-refractivity contribution in [3.05, 3.63) is 59.2 Å². The standard InChI is InChI=1S/C27H35NO3/c1-19-4-2-3-5-25(19)27-12-6-21-16-24(11-13-26(21)31-27)30-23-9-7-22(8-10-23)28-17-20-14-15-29-18-20/h2-5,11,13,16,20,22-23,27-28H,6-10,12,14-15,17-18H2,1H3. The second kappa shape index (κ2) is 9.62. The van der Waals surface area contributed by atoms with Crippen LogP contribution in [0.2, 0.25) is 0 Å². The lowest BCUT2D eigenvalue weighted by molar-refractivity contribution is 0.136. The van der Waals surface area contributed by atoms with Crippen LogP contribution in [0.15, 0.2) is 42.5 Å². The Bertz CT molecular complexity index is 869. The second-order valence-electron chi connectivity index (χ2n) is 9.50. The summed E-state index contributed by atoms with van der Waals surface area (Å²) >= 11 is 0. The van der Waals surface area contributed by atoms with Crippen molar-refractivity contribution < 1.29 is 14.2 Å². The molecule has 0 amide bonds. The molecule has 3 aliphatic rings. The molecule has 2 aliphatic heterocycles. The number of hydrogen-bond acceptors (Lipinski definition) is 4. The zero-order valence-electron chi connectivity index (χ0n) is 18.6. The minimum Gasteiger partial charge on any atom is -0.490 e. The maximum atomic E-state index is 6.37. The summed E-state index contributed by atoms with van der Waals surface area (Å²) in [5, 5.41) is 3.76. The van der Waals surface area contributed by atoms with Crippen LogP contribution in [0, 0.1) is 12.8 Å². The van der Waals surface area contributed by atoms with Gasteiger partial charge < -0.3 is 19.5 Å². The van der Waals surface area contributed by atoms with E-state index in [0.29, 0.717) is 18.1 Å². The highest BCUT2D eigenvalue weighted by molar-refractivity contribution is 5.43. The predicted molar refractivity (Wildman–Crippen MR) is 123 cm³/mol. The third-order valence-corrected chi connectivity index (χ3v) is 7.21. The van der Waals surface area contributed by atoms with E-state index in [9.17, 15) is 0 Å². The first-order valence-electron chi connectivity index (χ1n) is 12.1. The first-order chi connectivity index (χ1) is 15.2. The van der Waals surface area contributed by atoms with Crippen LogP contribution in [-0.4, -0.2) is 31.9 Å². The first-order valence-corrected chi connectivity index (χ1v) is 12.1. The molecule has 2 aromatic rings. The molecule has 0 radical (unpaired) electrons. The summed E-state index contributed by atoms with van der Waals surface area (Å²) in [6.45, 7) is 5.13. The van der Waals surface area contributed by atoms with Crippen molar-refractivity contribution >= 4 is 0 Å². The van der Waals surface area contributed by atoms with Crippen LogP contribution >= 0.6 is 0 Å². The van der Waals surface area contributed by atoms with E-state index < -0.39 is 0 Å². The Kier molecular flexibility index (Phi) is 6.47. The summed E-state index contributed by atoms with van der Waals surface area (Å²) in [6, 6.07) is 15.6. The van der Waals surface area contributed by atoms with Gasteiger partial charge >= 0.3 is 0 Å². The van der Waals surface area contributed by atoms with Gasteiger partial charge in [0.1, 0.15) is 17.6 Å². The van der Waals surface area contributed by atoms with Crippen molar-refractivity contribution in [3.8, 4) is 11.5 Å². The quantitative estimate of drug-likeness (QED) is 0.680. The Labute approximate surface area is 186 Å². The highest BCUT2D eigenvalue weighted by Gasteiger charge is 2.26. The number of rotatable bonds is 6. The van der Waals surface area contributed by atoms with E-state index in [1.54, 1.807) is 0 Å². The maximum absolute atomic E-state index is 6.37. The molecule has 1 saturated heterocycles. The van der Waals surface area contributed by atoms with E-state index in [-0.39, 0.29) is 6.10 Å². The Morgan fingerprint density at radius 3 is 2.68 bits per heavy atom. The summed E-state index contributed by atoms with van der Waals surface area (Å²) in [5.41, 5.74) is 3.88. The highest BCUT2D eigenvalue weighted by Crippen LogP contribution is 2.38. The van der Waals surface area contributed by atoms with Crippen molar-refractivity contribution in [2.45, 2.75) is 70.1 Å². The summed E-state index contributed by atoms with van der Waals surface area (Å²) < 4.78 is 18.2. The number of nitrogens with one attached hydrogen (secondary N) is 1. The van der Waals surface area contributed by atoms with Gasteiger partial charge in [-0.1, -0.05) is 24.3 Å². The van der Waals surface area contributed by atoms with E-state index in [4.69, 9.17) is 14.2 Å². The summed E-state index contributed by atoms with van der Waals surface area (Å²) in [6.07, 6.45) is 8.39. The van der Waals surface area contributed by atoms with Crippen LogP contribution in [0.1, 0.15) is 61.3 Å². The van der Waals surface area contributed by atoms with Crippen LogP contribution in [0.3, 0.4) is 0 Å². The molecular weight excluding hydrogens is 386 g/mol. The minimum absolute atomic E-state index is 0.152. The molecule has 166 valence electrons. The summed E-state index contributed by atoms with van der Waals surface area (Å²) in [5.74, 6) is 2.71. The third-order valence-electron chi connectivity index (χ3n) is 7.21. The predicted octanol–water partition coefficient (Wildman–Crippen LogP) is 5.38. The summed E-state index contributed by atoms with van der Waals surface area (Å²) in [4.78, 5) is 0. The van der Waals surface area contributed by atoms with Crippen LogP contribution in [-0.2, 0) is 11.2 Å². The number of ether oxygens (including phenoxy) is 3. The molecular formula is C27H35NO3. The number of hydrogen-bond donors (Lipinski definition) is 1. The molecule has 4 nitrogen and oxygen atoms in total. The van der Waals surface area contributed by atoms with E-state index in [2.05, 4.69) is 54.7 Å². The van der Waals surface area contributed by atoms with Crippen LogP contribution in [0.4, 0.5) is 0 Å². The molecule has 2 heterocycles. The fourth-order valence-corrected chi connectivity index (χ4v) is 5.26. The van der Waals surface area contributed by atoms with Gasteiger partial charge in [-0.25, -0.2) is 0 Å². The average molecular weight is 422 g/mol. The summed E-state index contributed by atoms with van der Waals surface area (Å²) in [7, 11) is 0. The molecule has 2 fully saturated rings. The second-order valence-corrected chi connectivity index (χ2v) is 9.50. The van der Waals surface area contributed by atoms with Crippen molar-refractivity contribution in [3.63, 3.8) is 0 Å². The molecule has 31 heavy (non-hydrogen) atoms. The molecule has 1 saturated carbocycles. The van der Waals surface area contributed by atoms with E-state index in [0.717, 1.165) is 56.9 Å². The van der Waals surface area contributed by atoms with E-state index in [1.807, 2.05) is 0 Å². The van der Waals surface area contributed by atoms with Crippen LogP contribution in [0.25, 0.3) is 0 Å². The van der Waals surface area contributed by atoms with Crippen molar-refractivity contribution in [2.75, 3.05) is 19.8 Å². The largest absolute Gasteiger partial charge is 0.490 e. The lowest BCUT2D eigenvalue weighted by atomic mass is 9.92. The molecule has 1 N–H and O–H groups in total. The van der Waals surface area contributed by atoms with Gasteiger partial charge in [-0.3, -0.25) is 0 Å². The van der Waals surface area contributed by atoms with Crippen molar-refractivity contribution in [1.82, 2.24) is 5.32 Å². The molecule has 0 bridgehead atoms. The Balaban J connectivity index is 1.12. The minimum atomic E-state index is 0.152. The number of benzene rings is 2. The normalized spacial score (nSPS) is 28.0. The van der Waals surface area contributed by atoms with E-state index in [1.165, 1.54) is 36.0 Å². The highest BCUT2D eigenvalue weighted by atomic mass is 16.5. The maximum Gasteiger partial charge on any atom is 0.124 e. The van der Waals surface area contributed by atoms with Gasteiger partial charge in [0.25, 0.3) is 0 Å². The molecule has 2 aromatic carbocycles. The molecule has 5 rings (SSSR count). The Hall–Kier alpha value is -2.04. The molecule has 0 spiro atoms. The molecule has 1 aliphatic carbocycles. The van der Waals surface area contributed by atoms with Gasteiger partial charge in [-0.15, -0.1) is 0 Å². The molecule has 4 heteroatoms. The Morgan fingerprint density at radius 1 is 1.00 bits per heavy atom. The van der Waals surface area contributed by atoms with Crippen molar-refractivity contribution in [1.29, 1.82) is 0 Å². The van der Waals surface area contributed by atoms with Crippen LogP contribution < -0.4 is 14.8 Å². The zero-order chi connectivity index (χ0) is 21.0. The zero-order valence-corrected chi connectivity index (χ0v) is 18.6. The average Bonchev–Trinajstić information content (AvgIpc) is 3.32. The monoisotopic (exact) mass is 421 g/mol. The van der Waals surface area contributed by atoms with Gasteiger partial charge in [-0.05, 0) is 92.7 Å². The SMILES string of the molecule is Cc1ccccc1C1CCc2cc(OC3CCC(NCC4CCOC4)CC3)ccc2O1. The Morgan fingerprint density at radius 2 is 1.87 bits per heavy atom. The first kappa shape index (κ1) is 20.8. The van der Waals surface area contributed by atoms with Gasteiger partial charge in [0.2, 0.25) is 0 Å². The lowest BCUT2D eigenvalue weighted by Crippen LogP contribution is -2.38. The number of aryl methyl sites for hydroxylation is 2. The van der Waals surface area contributed by atoms with Crippen LogP contribution in [0.5, 0.6) is 11.5 Å². The fourth-order valence-electron chi connectivity index (χ4n) is 5.26. The third kappa shape index (κ3) is 5.07. The van der Waals surface area contributed by atoms with E-state index >= 15 is 0 Å². The van der Waals surface area contributed by atoms with Gasteiger partial charge in [0.15, 0.2) is 0 Å². The van der Waals surface area contributed by atoms with Gasteiger partial charge in [0.05, 0.1) is 12.7 Å². The van der Waals surface area contributed by atoms with Gasteiger partial charge in [-0.2, -0.15) is 0 Å². The molecule has 0 aromatic heterocycles. The number of fused-ring (bicyclic) bond motifs is 1. The fraction of sp³-hybridized carbons (Fsp3) is 0.556. The molecule has 2 unspecified atom stereocenters.